The first-order valence-electron chi connectivity index (χ1n) is 9.33. The predicted octanol–water partition coefficient (Wildman–Crippen LogP) is 2.71. The molecule has 0 saturated carbocycles. The van der Waals surface area contributed by atoms with Crippen LogP contribution < -0.4 is 10.1 Å². The van der Waals surface area contributed by atoms with Crippen molar-refractivity contribution in [3.05, 3.63) is 60.5 Å². The van der Waals surface area contributed by atoms with Crippen molar-refractivity contribution >= 4 is 23.2 Å². The number of hydrogen-bond acceptors (Lipinski definition) is 7. The number of carbonyl (C=O) groups excluding carboxylic acids is 2. The molecule has 1 N–H and O–H groups in total. The summed E-state index contributed by atoms with van der Waals surface area (Å²) in [7, 11) is 1.55. The second-order valence-electron chi connectivity index (χ2n) is 6.57. The molecular formula is C21H19N5O4. The summed E-state index contributed by atoms with van der Waals surface area (Å²) in [4.78, 5) is 29.0. The highest BCUT2D eigenvalue weighted by Crippen LogP contribution is 2.20. The first kappa shape index (κ1) is 19.3. The molecule has 0 atom stereocenters. The normalized spacial score (nSPS) is 13.7. The molecule has 1 aliphatic heterocycles. The number of nitrogens with one attached hydrogen (secondary N) is 1. The molecule has 2 aromatic carbocycles. The molecular weight excluding hydrogens is 386 g/mol. The lowest BCUT2D eigenvalue weighted by Gasteiger charge is -2.21. The Hall–Kier alpha value is -4.01. The number of benzene rings is 2. The third kappa shape index (κ3) is 4.35. The van der Waals surface area contributed by atoms with Crippen LogP contribution in [0.4, 0.5) is 5.69 Å². The fourth-order valence-electron chi connectivity index (χ4n) is 2.96. The molecule has 0 fully saturated rings. The molecule has 0 aliphatic carbocycles. The smallest absolute Gasteiger partial charge is 0.274 e. The zero-order valence-electron chi connectivity index (χ0n) is 16.2. The van der Waals surface area contributed by atoms with E-state index in [-0.39, 0.29) is 30.7 Å². The van der Waals surface area contributed by atoms with Crippen LogP contribution in [0, 0.1) is 0 Å². The molecule has 0 radical (unpaired) electrons. The minimum atomic E-state index is -0.378. The van der Waals surface area contributed by atoms with E-state index in [2.05, 4.69) is 20.6 Å². The van der Waals surface area contributed by atoms with Crippen molar-refractivity contribution in [2.75, 3.05) is 19.0 Å². The third-order valence-corrected chi connectivity index (χ3v) is 4.46. The SMILES string of the molecule is COc1cccc(NC(=O)CN2N=C(c3nc(-c4ccccc4)no3)CCC2=O)c1. The Morgan fingerprint density at radius 3 is 2.80 bits per heavy atom. The number of carbonyl (C=O) groups is 2. The highest BCUT2D eigenvalue weighted by molar-refractivity contribution is 6.02. The maximum Gasteiger partial charge on any atom is 0.274 e. The number of nitrogens with zero attached hydrogens (tertiary/aromatic N) is 4. The Labute approximate surface area is 172 Å². The van der Waals surface area contributed by atoms with Gasteiger partial charge in [-0.05, 0) is 12.1 Å². The molecule has 0 spiro atoms. The Morgan fingerprint density at radius 2 is 2.00 bits per heavy atom. The van der Waals surface area contributed by atoms with Gasteiger partial charge in [0.25, 0.3) is 5.89 Å². The van der Waals surface area contributed by atoms with Crippen LogP contribution in [-0.2, 0) is 9.59 Å². The molecule has 152 valence electrons. The topological polar surface area (TPSA) is 110 Å². The lowest BCUT2D eigenvalue weighted by Crippen LogP contribution is -2.38. The Morgan fingerprint density at radius 1 is 1.17 bits per heavy atom. The van der Waals surface area contributed by atoms with Crippen molar-refractivity contribution in [1.29, 1.82) is 0 Å². The summed E-state index contributed by atoms with van der Waals surface area (Å²) in [6.45, 7) is -0.223. The van der Waals surface area contributed by atoms with Gasteiger partial charge in [-0.2, -0.15) is 10.1 Å². The summed E-state index contributed by atoms with van der Waals surface area (Å²) in [5, 5.41) is 12.1. The molecule has 0 saturated heterocycles. The standard InChI is InChI=1S/C21H19N5O4/c1-29-16-9-5-8-15(12-16)22-18(27)13-26-19(28)11-10-17(24-26)21-23-20(25-30-21)14-6-3-2-4-7-14/h2-9,12H,10-11,13H2,1H3,(H,22,27). The maximum atomic E-state index is 12.4. The van der Waals surface area contributed by atoms with Crippen LogP contribution >= 0.6 is 0 Å². The summed E-state index contributed by atoms with van der Waals surface area (Å²) in [5.74, 6) is 0.666. The van der Waals surface area contributed by atoms with Crippen LogP contribution in [0.1, 0.15) is 18.7 Å². The summed E-state index contributed by atoms with van der Waals surface area (Å²) < 4.78 is 10.5. The van der Waals surface area contributed by atoms with E-state index in [0.717, 1.165) is 10.6 Å². The largest absolute Gasteiger partial charge is 0.497 e. The summed E-state index contributed by atoms with van der Waals surface area (Å²) in [6.07, 6.45) is 0.567. The highest BCUT2D eigenvalue weighted by Gasteiger charge is 2.26. The minimum Gasteiger partial charge on any atom is -0.497 e. The number of hydrazone groups is 1. The van der Waals surface area contributed by atoms with Gasteiger partial charge < -0.3 is 14.6 Å². The van der Waals surface area contributed by atoms with Crippen LogP contribution in [-0.4, -0.2) is 46.3 Å². The molecule has 2 heterocycles. The number of aromatic nitrogens is 2. The average molecular weight is 405 g/mol. The van der Waals surface area contributed by atoms with E-state index >= 15 is 0 Å². The number of hydrogen-bond donors (Lipinski definition) is 1. The Bertz CT molecular complexity index is 1090. The minimum absolute atomic E-state index is 0.203. The number of methoxy groups -OCH3 is 1. The van der Waals surface area contributed by atoms with Crippen LogP contribution in [0.15, 0.2) is 64.2 Å². The van der Waals surface area contributed by atoms with Crippen LogP contribution in [0.2, 0.25) is 0 Å². The van der Waals surface area contributed by atoms with E-state index in [0.29, 0.717) is 29.4 Å². The van der Waals surface area contributed by atoms with Gasteiger partial charge in [-0.3, -0.25) is 9.59 Å². The van der Waals surface area contributed by atoms with E-state index in [9.17, 15) is 9.59 Å². The highest BCUT2D eigenvalue weighted by atomic mass is 16.5. The first-order chi connectivity index (χ1) is 14.6. The van der Waals surface area contributed by atoms with E-state index in [1.165, 1.54) is 0 Å². The van der Waals surface area contributed by atoms with Crippen LogP contribution in [0.3, 0.4) is 0 Å². The quantitative estimate of drug-likeness (QED) is 0.675. The summed E-state index contributed by atoms with van der Waals surface area (Å²) in [5.41, 5.74) is 1.85. The Balaban J connectivity index is 1.47. The van der Waals surface area contributed by atoms with Gasteiger partial charge in [0.2, 0.25) is 17.6 Å². The van der Waals surface area contributed by atoms with Gasteiger partial charge in [-0.15, -0.1) is 0 Å². The maximum absolute atomic E-state index is 12.4. The molecule has 0 unspecified atom stereocenters. The fraction of sp³-hybridized carbons (Fsp3) is 0.190. The third-order valence-electron chi connectivity index (χ3n) is 4.46. The number of ether oxygens (including phenoxy) is 1. The van der Waals surface area contributed by atoms with Gasteiger partial charge in [-0.1, -0.05) is 41.6 Å². The summed E-state index contributed by atoms with van der Waals surface area (Å²) >= 11 is 0. The second-order valence-corrected chi connectivity index (χ2v) is 6.57. The van der Waals surface area contributed by atoms with Crippen molar-refractivity contribution in [2.24, 2.45) is 5.10 Å². The molecule has 1 aromatic heterocycles. The van der Waals surface area contributed by atoms with Crippen molar-refractivity contribution in [2.45, 2.75) is 12.8 Å². The number of anilines is 1. The first-order valence-corrected chi connectivity index (χ1v) is 9.33. The molecule has 30 heavy (non-hydrogen) atoms. The average Bonchev–Trinajstić information content (AvgIpc) is 3.26. The molecule has 0 bridgehead atoms. The summed E-state index contributed by atoms with van der Waals surface area (Å²) in [6, 6.07) is 16.4. The molecule has 9 nitrogen and oxygen atoms in total. The molecule has 1 aliphatic rings. The van der Waals surface area contributed by atoms with Gasteiger partial charge in [-0.25, -0.2) is 5.01 Å². The van der Waals surface area contributed by atoms with Crippen molar-refractivity contribution in [3.8, 4) is 17.1 Å². The van der Waals surface area contributed by atoms with Crippen LogP contribution in [0.5, 0.6) is 5.75 Å². The van der Waals surface area contributed by atoms with Gasteiger partial charge in [0, 0.05) is 30.2 Å². The van der Waals surface area contributed by atoms with Crippen molar-refractivity contribution < 1.29 is 18.8 Å². The van der Waals surface area contributed by atoms with Gasteiger partial charge in [0.05, 0.1) is 7.11 Å². The van der Waals surface area contributed by atoms with Gasteiger partial charge >= 0.3 is 0 Å². The van der Waals surface area contributed by atoms with Gasteiger partial charge in [0.15, 0.2) is 0 Å². The molecule has 2 amide bonds. The monoisotopic (exact) mass is 405 g/mol. The zero-order valence-corrected chi connectivity index (χ0v) is 16.2. The van der Waals surface area contributed by atoms with Gasteiger partial charge in [0.1, 0.15) is 18.0 Å². The number of amides is 2. The van der Waals surface area contributed by atoms with Crippen LogP contribution in [0.25, 0.3) is 11.4 Å². The predicted molar refractivity (Wildman–Crippen MR) is 109 cm³/mol. The van der Waals surface area contributed by atoms with E-state index in [1.54, 1.807) is 31.4 Å². The molecule has 9 heteroatoms. The van der Waals surface area contributed by atoms with Crippen molar-refractivity contribution in [3.63, 3.8) is 0 Å². The Kier molecular flexibility index (Phi) is 5.51. The van der Waals surface area contributed by atoms with E-state index in [4.69, 9.17) is 9.26 Å². The molecule has 4 rings (SSSR count). The van der Waals surface area contributed by atoms with E-state index < -0.39 is 0 Å². The lowest BCUT2D eigenvalue weighted by atomic mass is 10.1. The second kappa shape index (κ2) is 8.56. The fourth-order valence-corrected chi connectivity index (χ4v) is 2.96. The van der Waals surface area contributed by atoms with E-state index in [1.807, 2.05) is 30.3 Å². The lowest BCUT2D eigenvalue weighted by molar-refractivity contribution is -0.135. The zero-order chi connectivity index (χ0) is 20.9. The van der Waals surface area contributed by atoms with Crippen molar-refractivity contribution in [1.82, 2.24) is 15.1 Å². The number of rotatable bonds is 6. The molecule has 3 aromatic rings.